The van der Waals surface area contributed by atoms with Crippen molar-refractivity contribution in [2.24, 2.45) is 7.05 Å². The van der Waals surface area contributed by atoms with Crippen LogP contribution in [0.1, 0.15) is 24.2 Å². The molecule has 2 fully saturated rings. The number of aromatic nitrogens is 3. The van der Waals surface area contributed by atoms with Crippen molar-refractivity contribution in [2.45, 2.75) is 43.3 Å². The quantitative estimate of drug-likeness (QED) is 0.574. The van der Waals surface area contributed by atoms with Crippen LogP contribution in [0.15, 0.2) is 65.9 Å². The number of hydrogen-bond donors (Lipinski definition) is 2. The zero-order valence-electron chi connectivity index (χ0n) is 21.6. The maximum atomic E-state index is 14.2. The van der Waals surface area contributed by atoms with Crippen LogP contribution in [0.3, 0.4) is 0 Å². The van der Waals surface area contributed by atoms with Crippen LogP contribution in [-0.4, -0.2) is 86.3 Å². The maximum absolute atomic E-state index is 14.2. The van der Waals surface area contributed by atoms with E-state index in [1.54, 1.807) is 18.6 Å². The predicted molar refractivity (Wildman–Crippen MR) is 136 cm³/mol. The largest absolute Gasteiger partial charge is 0.418 e. The zero-order valence-corrected chi connectivity index (χ0v) is 21.6. The van der Waals surface area contributed by atoms with Gasteiger partial charge in [0.25, 0.3) is 0 Å². The number of benzene rings is 1. The van der Waals surface area contributed by atoms with Crippen LogP contribution in [0.4, 0.5) is 18.9 Å². The molecule has 2 aromatic rings. The molecule has 39 heavy (non-hydrogen) atoms. The second-order valence-corrected chi connectivity index (χ2v) is 10.8. The molecule has 1 aromatic carbocycles. The van der Waals surface area contributed by atoms with E-state index in [0.29, 0.717) is 50.4 Å². The third kappa shape index (κ3) is 4.86. The second kappa shape index (κ2) is 9.77. The molecule has 2 unspecified atom stereocenters. The van der Waals surface area contributed by atoms with Crippen molar-refractivity contribution < 1.29 is 28.1 Å². The van der Waals surface area contributed by atoms with Gasteiger partial charge in [0, 0.05) is 50.1 Å². The molecular weight excluding hydrogens is 513 g/mol. The first-order chi connectivity index (χ1) is 18.6. The molecule has 4 aliphatic heterocycles. The summed E-state index contributed by atoms with van der Waals surface area (Å²) < 4.78 is 50.0. The third-order valence-electron chi connectivity index (χ3n) is 7.95. The van der Waals surface area contributed by atoms with Crippen molar-refractivity contribution in [1.29, 1.82) is 0 Å². The van der Waals surface area contributed by atoms with Crippen molar-refractivity contribution in [3.63, 3.8) is 0 Å². The zero-order chi connectivity index (χ0) is 27.4. The smallest absolute Gasteiger partial charge is 0.392 e. The third-order valence-corrected chi connectivity index (χ3v) is 7.95. The summed E-state index contributed by atoms with van der Waals surface area (Å²) in [6, 6.07) is 7.48. The van der Waals surface area contributed by atoms with Gasteiger partial charge in [-0.05, 0) is 48.7 Å². The summed E-state index contributed by atoms with van der Waals surface area (Å²) in [5.74, 6) is 0.808. The van der Waals surface area contributed by atoms with E-state index in [0.717, 1.165) is 23.9 Å². The molecule has 0 spiro atoms. The van der Waals surface area contributed by atoms with Gasteiger partial charge in [-0.3, -0.25) is 4.90 Å². The van der Waals surface area contributed by atoms with E-state index in [9.17, 15) is 23.4 Å². The SMILES string of the molecule is Cn1cnnc1CC1(c2cccc(N3C=C4C(C(F)(F)F)=CC(CN5CCCC(O)C5)=CN4C3O)c2)COC1. The number of rotatable bonds is 6. The lowest BCUT2D eigenvalue weighted by atomic mass is 9.75. The molecule has 0 radical (unpaired) electrons. The summed E-state index contributed by atoms with van der Waals surface area (Å²) >= 11 is 0. The van der Waals surface area contributed by atoms with Gasteiger partial charge in [0.15, 0.2) is 0 Å². The molecule has 2 saturated heterocycles. The van der Waals surface area contributed by atoms with Crippen LogP contribution in [0.2, 0.25) is 0 Å². The van der Waals surface area contributed by atoms with Gasteiger partial charge in [-0.2, -0.15) is 13.2 Å². The molecule has 0 aliphatic carbocycles. The van der Waals surface area contributed by atoms with E-state index in [-0.39, 0.29) is 17.7 Å². The highest BCUT2D eigenvalue weighted by molar-refractivity contribution is 5.59. The van der Waals surface area contributed by atoms with E-state index in [1.165, 1.54) is 16.0 Å². The normalized spacial score (nSPS) is 25.1. The molecule has 6 rings (SSSR count). The standard InChI is InChI=1S/C27H31F3N6O3/c1-33-17-31-32-24(33)10-26(15-39-16-26)19-4-2-5-20(9-19)35-14-23-22(27(28,29)30)8-18(12-36(23)25(35)38)11-34-7-3-6-21(37)13-34/h2,4-5,8-9,12,14,17,21,25,37-38H,3,6-7,10-11,13,15-16H2,1H3. The molecule has 0 amide bonds. The fourth-order valence-electron chi connectivity index (χ4n) is 5.78. The predicted octanol–water partition coefficient (Wildman–Crippen LogP) is 2.41. The summed E-state index contributed by atoms with van der Waals surface area (Å²) in [6.45, 7) is 2.34. The molecular formula is C27H31F3N6O3. The van der Waals surface area contributed by atoms with E-state index in [1.807, 2.05) is 34.7 Å². The maximum Gasteiger partial charge on any atom is 0.418 e. The Balaban J connectivity index is 1.29. The van der Waals surface area contributed by atoms with Crippen LogP contribution in [0.5, 0.6) is 0 Å². The van der Waals surface area contributed by atoms with Crippen molar-refractivity contribution in [3.8, 4) is 0 Å². The van der Waals surface area contributed by atoms with Gasteiger partial charge in [-0.15, -0.1) is 10.2 Å². The van der Waals surface area contributed by atoms with Crippen molar-refractivity contribution in [3.05, 3.63) is 77.3 Å². The van der Waals surface area contributed by atoms with Gasteiger partial charge >= 0.3 is 6.18 Å². The number of nitrogens with zero attached hydrogens (tertiary/aromatic N) is 6. The average Bonchev–Trinajstić information content (AvgIpc) is 3.43. The molecule has 5 heterocycles. The number of ether oxygens (including phenoxy) is 1. The van der Waals surface area contributed by atoms with E-state index in [2.05, 4.69) is 10.2 Å². The summed E-state index contributed by atoms with van der Waals surface area (Å²) in [6.07, 6.45) is 1.36. The minimum absolute atomic E-state index is 0.108. The van der Waals surface area contributed by atoms with Crippen LogP contribution in [-0.2, 0) is 23.6 Å². The number of β-amino-alcohol motifs (C(OH)–C–C–N with tert-alkyl or cyclic N) is 1. The molecule has 2 atom stereocenters. The van der Waals surface area contributed by atoms with Crippen molar-refractivity contribution >= 4 is 5.69 Å². The minimum Gasteiger partial charge on any atom is -0.392 e. The molecule has 4 aliphatic rings. The Morgan fingerprint density at radius 3 is 2.64 bits per heavy atom. The van der Waals surface area contributed by atoms with Gasteiger partial charge in [-0.1, -0.05) is 12.1 Å². The highest BCUT2D eigenvalue weighted by Gasteiger charge is 2.46. The van der Waals surface area contributed by atoms with Gasteiger partial charge in [0.05, 0.1) is 30.6 Å². The van der Waals surface area contributed by atoms with Crippen molar-refractivity contribution in [2.75, 3.05) is 37.7 Å². The molecule has 9 nitrogen and oxygen atoms in total. The highest BCUT2D eigenvalue weighted by Crippen LogP contribution is 2.43. The number of likely N-dealkylation sites (tertiary alicyclic amines) is 1. The number of alkyl halides is 3. The lowest BCUT2D eigenvalue weighted by Crippen LogP contribution is -2.49. The first kappa shape index (κ1) is 26.1. The number of aryl methyl sites for hydroxylation is 1. The summed E-state index contributed by atoms with van der Waals surface area (Å²) in [5.41, 5.74) is 0.700. The molecule has 1 aromatic heterocycles. The second-order valence-electron chi connectivity index (χ2n) is 10.8. The van der Waals surface area contributed by atoms with E-state index < -0.39 is 24.2 Å². The van der Waals surface area contributed by atoms with Gasteiger partial charge < -0.3 is 29.3 Å². The molecule has 2 N–H and O–H groups in total. The van der Waals surface area contributed by atoms with Crippen LogP contribution in [0, 0.1) is 0 Å². The van der Waals surface area contributed by atoms with Crippen LogP contribution in [0.25, 0.3) is 0 Å². The summed E-state index contributed by atoms with van der Waals surface area (Å²) in [5, 5.41) is 29.4. The summed E-state index contributed by atoms with van der Waals surface area (Å²) in [4.78, 5) is 4.67. The number of fused-ring (bicyclic) bond motifs is 1. The Morgan fingerprint density at radius 1 is 1.15 bits per heavy atom. The molecule has 0 bridgehead atoms. The number of aliphatic hydroxyl groups excluding tert-OH is 2. The Morgan fingerprint density at radius 2 is 1.97 bits per heavy atom. The lowest BCUT2D eigenvalue weighted by Gasteiger charge is -2.42. The molecule has 12 heteroatoms. The summed E-state index contributed by atoms with van der Waals surface area (Å²) in [7, 11) is 1.88. The van der Waals surface area contributed by atoms with Gasteiger partial charge in [-0.25, -0.2) is 0 Å². The Labute approximate surface area is 224 Å². The number of aliphatic hydroxyl groups is 2. The van der Waals surface area contributed by atoms with E-state index in [4.69, 9.17) is 4.74 Å². The first-order valence-corrected chi connectivity index (χ1v) is 13.0. The fraction of sp³-hybridized carbons (Fsp3) is 0.481. The number of piperidine rings is 1. The number of halogens is 3. The minimum atomic E-state index is -4.61. The van der Waals surface area contributed by atoms with Crippen LogP contribution >= 0.6 is 0 Å². The number of anilines is 1. The van der Waals surface area contributed by atoms with E-state index >= 15 is 0 Å². The van der Waals surface area contributed by atoms with Gasteiger partial charge in [0.2, 0.25) is 6.35 Å². The number of allylic oxidation sites excluding steroid dienone is 1. The monoisotopic (exact) mass is 544 g/mol. The Hall–Kier alpha value is -3.19. The Kier molecular flexibility index (Phi) is 6.53. The molecule has 208 valence electrons. The average molecular weight is 545 g/mol. The molecule has 0 saturated carbocycles. The highest BCUT2D eigenvalue weighted by atomic mass is 19.4. The number of hydrogen-bond acceptors (Lipinski definition) is 8. The Bertz CT molecular complexity index is 1330. The van der Waals surface area contributed by atoms with Crippen LogP contribution < -0.4 is 4.90 Å². The topological polar surface area (TPSA) is 90.1 Å². The van der Waals surface area contributed by atoms with Gasteiger partial charge in [0.1, 0.15) is 12.2 Å². The lowest BCUT2D eigenvalue weighted by molar-refractivity contribution is -0.0924. The fourth-order valence-corrected chi connectivity index (χ4v) is 5.78. The first-order valence-electron chi connectivity index (χ1n) is 13.0. The van der Waals surface area contributed by atoms with Crippen molar-refractivity contribution in [1.82, 2.24) is 24.6 Å².